The molecular formula is C17H27N3O2. The molecule has 0 aromatic carbocycles. The van der Waals surface area contributed by atoms with Crippen LogP contribution in [0.4, 0.5) is 0 Å². The molecule has 2 aliphatic rings. The average Bonchev–Trinajstić information content (AvgIpc) is 2.81. The van der Waals surface area contributed by atoms with Crippen molar-refractivity contribution in [2.75, 3.05) is 26.2 Å². The zero-order valence-electron chi connectivity index (χ0n) is 13.6. The van der Waals surface area contributed by atoms with Crippen molar-refractivity contribution in [1.29, 1.82) is 5.26 Å². The lowest BCUT2D eigenvalue weighted by Gasteiger charge is -2.31. The van der Waals surface area contributed by atoms with E-state index in [0.717, 1.165) is 64.7 Å². The highest BCUT2D eigenvalue weighted by Crippen LogP contribution is 2.19. The lowest BCUT2D eigenvalue weighted by Crippen LogP contribution is -2.42. The number of amides is 2. The third-order valence-electron chi connectivity index (χ3n) is 4.89. The molecule has 0 bridgehead atoms. The van der Waals surface area contributed by atoms with Crippen LogP contribution in [0, 0.1) is 23.2 Å². The van der Waals surface area contributed by atoms with E-state index in [0.29, 0.717) is 5.92 Å². The molecule has 5 nitrogen and oxygen atoms in total. The summed E-state index contributed by atoms with van der Waals surface area (Å²) in [6, 6.07) is 2.06. The van der Waals surface area contributed by atoms with Gasteiger partial charge in [-0.2, -0.15) is 5.26 Å². The van der Waals surface area contributed by atoms with Gasteiger partial charge in [0.15, 0.2) is 0 Å². The van der Waals surface area contributed by atoms with Crippen LogP contribution in [-0.4, -0.2) is 47.8 Å². The zero-order chi connectivity index (χ0) is 15.9. The number of carbonyl (C=O) groups is 2. The number of likely N-dealkylation sites (tertiary alicyclic amines) is 2. The minimum atomic E-state index is -0.815. The summed E-state index contributed by atoms with van der Waals surface area (Å²) in [5.74, 6) is -0.343. The van der Waals surface area contributed by atoms with Gasteiger partial charge in [-0.25, -0.2) is 0 Å². The van der Waals surface area contributed by atoms with Crippen LogP contribution in [0.25, 0.3) is 0 Å². The summed E-state index contributed by atoms with van der Waals surface area (Å²) >= 11 is 0. The van der Waals surface area contributed by atoms with Gasteiger partial charge in [0.05, 0.1) is 12.5 Å². The highest BCUT2D eigenvalue weighted by Gasteiger charge is 2.29. The Morgan fingerprint density at radius 2 is 1.64 bits per heavy atom. The maximum atomic E-state index is 12.5. The Kier molecular flexibility index (Phi) is 6.23. The van der Waals surface area contributed by atoms with Gasteiger partial charge in [0.1, 0.15) is 5.92 Å². The summed E-state index contributed by atoms with van der Waals surface area (Å²) in [5.41, 5.74) is 0. The quantitative estimate of drug-likeness (QED) is 0.802. The second kappa shape index (κ2) is 8.17. The van der Waals surface area contributed by atoms with Crippen LogP contribution in [0.15, 0.2) is 0 Å². The van der Waals surface area contributed by atoms with E-state index in [1.807, 2.05) is 4.90 Å². The van der Waals surface area contributed by atoms with Crippen LogP contribution in [0.3, 0.4) is 0 Å². The fourth-order valence-electron chi connectivity index (χ4n) is 3.26. The van der Waals surface area contributed by atoms with Crippen LogP contribution in [0.2, 0.25) is 0 Å². The van der Waals surface area contributed by atoms with E-state index in [1.54, 1.807) is 4.90 Å². The van der Waals surface area contributed by atoms with E-state index in [9.17, 15) is 14.9 Å². The van der Waals surface area contributed by atoms with E-state index in [1.165, 1.54) is 0 Å². The van der Waals surface area contributed by atoms with Gasteiger partial charge in [0, 0.05) is 26.2 Å². The molecule has 2 amide bonds. The van der Waals surface area contributed by atoms with E-state index >= 15 is 0 Å². The van der Waals surface area contributed by atoms with Crippen molar-refractivity contribution in [3.8, 4) is 6.07 Å². The van der Waals surface area contributed by atoms with Crippen molar-refractivity contribution >= 4 is 11.8 Å². The summed E-state index contributed by atoms with van der Waals surface area (Å²) < 4.78 is 0. The fourth-order valence-corrected chi connectivity index (χ4v) is 3.26. The third-order valence-corrected chi connectivity index (χ3v) is 4.89. The Morgan fingerprint density at radius 1 is 1.05 bits per heavy atom. The number of piperidine rings is 1. The first kappa shape index (κ1) is 16.8. The van der Waals surface area contributed by atoms with Crippen molar-refractivity contribution in [1.82, 2.24) is 9.80 Å². The largest absolute Gasteiger partial charge is 0.343 e. The van der Waals surface area contributed by atoms with Crippen LogP contribution < -0.4 is 0 Å². The first-order valence-electron chi connectivity index (χ1n) is 8.58. The number of hydrogen-bond donors (Lipinski definition) is 0. The van der Waals surface area contributed by atoms with Gasteiger partial charge in [0.2, 0.25) is 11.8 Å². The molecule has 0 spiro atoms. The number of rotatable bonds is 3. The second-order valence-electron chi connectivity index (χ2n) is 6.69. The Morgan fingerprint density at radius 3 is 2.18 bits per heavy atom. The molecule has 22 heavy (non-hydrogen) atoms. The second-order valence-corrected chi connectivity index (χ2v) is 6.69. The maximum absolute atomic E-state index is 12.5. The molecule has 122 valence electrons. The minimum Gasteiger partial charge on any atom is -0.343 e. The average molecular weight is 305 g/mol. The number of hydrogen-bond acceptors (Lipinski definition) is 3. The first-order chi connectivity index (χ1) is 10.6. The van der Waals surface area contributed by atoms with Crippen molar-refractivity contribution in [3.05, 3.63) is 0 Å². The summed E-state index contributed by atoms with van der Waals surface area (Å²) in [6.07, 6.45) is 6.37. The third kappa shape index (κ3) is 4.46. The number of carbonyl (C=O) groups excluding carboxylic acids is 2. The number of nitrogens with zero attached hydrogens (tertiary/aromatic N) is 3. The van der Waals surface area contributed by atoms with E-state index < -0.39 is 5.92 Å². The Hall–Kier alpha value is -1.57. The van der Waals surface area contributed by atoms with Gasteiger partial charge in [-0.3, -0.25) is 9.59 Å². The molecule has 2 rings (SSSR count). The summed E-state index contributed by atoms with van der Waals surface area (Å²) in [6.45, 7) is 5.17. The van der Waals surface area contributed by atoms with E-state index in [-0.39, 0.29) is 18.2 Å². The maximum Gasteiger partial charge on any atom is 0.240 e. The van der Waals surface area contributed by atoms with Crippen molar-refractivity contribution in [3.63, 3.8) is 0 Å². The lowest BCUT2D eigenvalue weighted by atomic mass is 9.97. The fraction of sp³-hybridized carbons (Fsp3) is 0.824. The first-order valence-corrected chi connectivity index (χ1v) is 8.58. The molecule has 0 aliphatic carbocycles. The summed E-state index contributed by atoms with van der Waals surface area (Å²) in [4.78, 5) is 28.4. The van der Waals surface area contributed by atoms with Gasteiger partial charge in [-0.05, 0) is 31.6 Å². The molecule has 0 aromatic heterocycles. The molecule has 5 heteroatoms. The predicted octanol–water partition coefficient (Wildman–Crippen LogP) is 2.18. The van der Waals surface area contributed by atoms with Gasteiger partial charge < -0.3 is 9.80 Å². The van der Waals surface area contributed by atoms with E-state index in [2.05, 4.69) is 13.0 Å². The predicted molar refractivity (Wildman–Crippen MR) is 83.7 cm³/mol. The molecule has 2 heterocycles. The molecule has 2 aliphatic heterocycles. The Balaban J connectivity index is 1.89. The molecule has 0 aromatic rings. The molecule has 0 radical (unpaired) electrons. The molecule has 2 saturated heterocycles. The highest BCUT2D eigenvalue weighted by molar-refractivity contribution is 5.87. The topological polar surface area (TPSA) is 64.4 Å². The van der Waals surface area contributed by atoms with Crippen LogP contribution >= 0.6 is 0 Å². The number of nitriles is 1. The van der Waals surface area contributed by atoms with Crippen LogP contribution in [0.5, 0.6) is 0 Å². The van der Waals surface area contributed by atoms with Gasteiger partial charge >= 0.3 is 0 Å². The van der Waals surface area contributed by atoms with Gasteiger partial charge in [-0.15, -0.1) is 0 Å². The molecule has 2 fully saturated rings. The van der Waals surface area contributed by atoms with Crippen molar-refractivity contribution < 1.29 is 9.59 Å². The zero-order valence-corrected chi connectivity index (χ0v) is 13.6. The smallest absolute Gasteiger partial charge is 0.240 e. The normalized spacial score (nSPS) is 21.8. The standard InChI is InChI=1S/C17H27N3O2/c1-14-6-10-19(11-7-14)16(21)12-15(13-18)17(22)20-8-4-2-3-5-9-20/h14-15H,2-12H2,1H3. The lowest BCUT2D eigenvalue weighted by molar-refractivity contribution is -0.140. The van der Waals surface area contributed by atoms with Crippen molar-refractivity contribution in [2.24, 2.45) is 11.8 Å². The van der Waals surface area contributed by atoms with Crippen LogP contribution in [-0.2, 0) is 9.59 Å². The minimum absolute atomic E-state index is 0.0402. The molecule has 0 saturated carbocycles. The Bertz CT molecular complexity index is 428. The molecule has 1 unspecified atom stereocenters. The molecule has 0 N–H and O–H groups in total. The summed E-state index contributed by atoms with van der Waals surface area (Å²) in [7, 11) is 0. The highest BCUT2D eigenvalue weighted by atomic mass is 16.2. The van der Waals surface area contributed by atoms with Gasteiger partial charge in [0.25, 0.3) is 0 Å². The van der Waals surface area contributed by atoms with Gasteiger partial charge in [-0.1, -0.05) is 19.8 Å². The van der Waals surface area contributed by atoms with E-state index in [4.69, 9.17) is 0 Å². The molecular weight excluding hydrogens is 278 g/mol. The Labute approximate surface area is 133 Å². The monoisotopic (exact) mass is 305 g/mol. The van der Waals surface area contributed by atoms with Crippen LogP contribution in [0.1, 0.15) is 51.9 Å². The molecule has 1 atom stereocenters. The summed E-state index contributed by atoms with van der Waals surface area (Å²) in [5, 5.41) is 9.32. The van der Waals surface area contributed by atoms with Crippen molar-refractivity contribution in [2.45, 2.75) is 51.9 Å². The SMILES string of the molecule is CC1CCN(C(=O)CC(C#N)C(=O)N2CCCCCC2)CC1.